The summed E-state index contributed by atoms with van der Waals surface area (Å²) in [6, 6.07) is 14.6. The highest BCUT2D eigenvalue weighted by molar-refractivity contribution is 7.90. The monoisotopic (exact) mass is 412 g/mol. The number of carbonyl (C=O) groups excluding carboxylic acids is 1. The van der Waals surface area contributed by atoms with Gasteiger partial charge in [0.1, 0.15) is 17.1 Å². The molecule has 0 aliphatic rings. The van der Waals surface area contributed by atoms with Crippen LogP contribution in [0.2, 0.25) is 0 Å². The number of hydrogen-bond acceptors (Lipinski definition) is 5. The van der Waals surface area contributed by atoms with Gasteiger partial charge in [0.15, 0.2) is 4.90 Å². The Balaban J connectivity index is 2.01. The fourth-order valence-electron chi connectivity index (χ4n) is 3.00. The second-order valence-corrected chi connectivity index (χ2v) is 7.94. The lowest BCUT2D eigenvalue weighted by atomic mass is 9.99. The highest BCUT2D eigenvalue weighted by Gasteiger charge is 2.26. The molecule has 3 rings (SSSR count). The minimum absolute atomic E-state index is 0.185. The number of benzene rings is 2. The van der Waals surface area contributed by atoms with Gasteiger partial charge >= 0.3 is 5.97 Å². The van der Waals surface area contributed by atoms with Crippen LogP contribution in [0.4, 0.5) is 0 Å². The molecule has 0 saturated heterocycles. The van der Waals surface area contributed by atoms with Gasteiger partial charge in [-0.3, -0.25) is 0 Å². The van der Waals surface area contributed by atoms with E-state index in [-0.39, 0.29) is 5.75 Å². The molecule has 1 aromatic heterocycles. The van der Waals surface area contributed by atoms with Crippen molar-refractivity contribution >= 4 is 17.1 Å². The molecule has 1 atom stereocenters. The van der Waals surface area contributed by atoms with Crippen molar-refractivity contribution in [2.24, 2.45) is 0 Å². The number of rotatable bonds is 9. The molecule has 0 radical (unpaired) electrons. The highest BCUT2D eigenvalue weighted by Crippen LogP contribution is 2.37. The topological polar surface area (TPSA) is 71.7 Å². The van der Waals surface area contributed by atoms with Crippen molar-refractivity contribution < 1.29 is 23.2 Å². The van der Waals surface area contributed by atoms with E-state index in [0.29, 0.717) is 28.4 Å². The molecule has 29 heavy (non-hydrogen) atoms. The number of carbonyl (C=O) groups is 1. The average molecular weight is 413 g/mol. The maximum atomic E-state index is 12.9. The SMILES string of the molecule is CCCCOC(=O)c1c(C[S+]([O-])c2ccccc2)ccc(-c2ccoc2)c1OC. The molecule has 2 aromatic carbocycles. The summed E-state index contributed by atoms with van der Waals surface area (Å²) in [7, 11) is 1.51. The molecule has 0 aliphatic carbocycles. The predicted octanol–water partition coefficient (Wildman–Crippen LogP) is 5.22. The number of furan rings is 1. The molecule has 0 saturated carbocycles. The number of ether oxygens (including phenoxy) is 2. The Bertz CT molecular complexity index is 922. The Morgan fingerprint density at radius 3 is 2.59 bits per heavy atom. The first kappa shape index (κ1) is 21.0. The molecule has 152 valence electrons. The van der Waals surface area contributed by atoms with E-state index in [1.807, 2.05) is 49.4 Å². The van der Waals surface area contributed by atoms with Crippen LogP contribution in [0.5, 0.6) is 5.75 Å². The minimum Gasteiger partial charge on any atom is -0.611 e. The normalized spacial score (nSPS) is 11.8. The van der Waals surface area contributed by atoms with Gasteiger partial charge in [-0.15, -0.1) is 0 Å². The van der Waals surface area contributed by atoms with Crippen molar-refractivity contribution in [2.75, 3.05) is 13.7 Å². The Labute approximate surface area is 173 Å². The van der Waals surface area contributed by atoms with Crippen LogP contribution in [0, 0.1) is 0 Å². The van der Waals surface area contributed by atoms with Gasteiger partial charge in [0.25, 0.3) is 0 Å². The molecule has 0 fully saturated rings. The van der Waals surface area contributed by atoms with Crippen molar-refractivity contribution in [3.63, 3.8) is 0 Å². The van der Waals surface area contributed by atoms with Crippen LogP contribution in [0.25, 0.3) is 11.1 Å². The molecular formula is C23H24O5S. The molecule has 0 spiro atoms. The molecule has 0 N–H and O–H groups in total. The second kappa shape index (κ2) is 10.2. The van der Waals surface area contributed by atoms with Crippen LogP contribution in [-0.2, 0) is 21.7 Å². The lowest BCUT2D eigenvalue weighted by molar-refractivity contribution is 0.0495. The van der Waals surface area contributed by atoms with Gasteiger partial charge < -0.3 is 18.4 Å². The van der Waals surface area contributed by atoms with Crippen LogP contribution >= 0.6 is 0 Å². The summed E-state index contributed by atoms with van der Waals surface area (Å²) in [5.41, 5.74) is 2.45. The maximum Gasteiger partial charge on any atom is 0.342 e. The van der Waals surface area contributed by atoms with E-state index in [9.17, 15) is 9.35 Å². The van der Waals surface area contributed by atoms with Crippen molar-refractivity contribution in [1.82, 2.24) is 0 Å². The number of esters is 1. The third-order valence-electron chi connectivity index (χ3n) is 4.51. The van der Waals surface area contributed by atoms with Gasteiger partial charge in [0, 0.05) is 16.7 Å². The fraction of sp³-hybridized carbons (Fsp3) is 0.261. The zero-order chi connectivity index (χ0) is 20.6. The first-order valence-electron chi connectivity index (χ1n) is 9.48. The van der Waals surface area contributed by atoms with Crippen LogP contribution in [0.15, 0.2) is 70.4 Å². The summed E-state index contributed by atoms with van der Waals surface area (Å²) in [6.07, 6.45) is 4.85. The lowest BCUT2D eigenvalue weighted by Crippen LogP contribution is -2.15. The Hall–Kier alpha value is -2.70. The summed E-state index contributed by atoms with van der Waals surface area (Å²) in [6.45, 7) is 2.36. The van der Waals surface area contributed by atoms with E-state index in [4.69, 9.17) is 13.9 Å². The Morgan fingerprint density at radius 2 is 1.93 bits per heavy atom. The second-order valence-electron chi connectivity index (χ2n) is 6.48. The van der Waals surface area contributed by atoms with E-state index in [0.717, 1.165) is 24.0 Å². The quantitative estimate of drug-likeness (QED) is 0.274. The predicted molar refractivity (Wildman–Crippen MR) is 112 cm³/mol. The molecule has 5 nitrogen and oxygen atoms in total. The first-order chi connectivity index (χ1) is 14.2. The summed E-state index contributed by atoms with van der Waals surface area (Å²) in [5, 5.41) is 0. The third-order valence-corrected chi connectivity index (χ3v) is 5.88. The van der Waals surface area contributed by atoms with Crippen LogP contribution in [-0.4, -0.2) is 24.2 Å². The molecule has 0 amide bonds. The van der Waals surface area contributed by atoms with Crippen molar-refractivity contribution in [1.29, 1.82) is 0 Å². The lowest BCUT2D eigenvalue weighted by Gasteiger charge is -2.18. The molecule has 1 unspecified atom stereocenters. The van der Waals surface area contributed by atoms with Crippen LogP contribution < -0.4 is 4.74 Å². The van der Waals surface area contributed by atoms with E-state index >= 15 is 0 Å². The Morgan fingerprint density at radius 1 is 1.14 bits per heavy atom. The summed E-state index contributed by atoms with van der Waals surface area (Å²) >= 11 is -1.30. The zero-order valence-corrected chi connectivity index (χ0v) is 17.4. The standard InChI is InChI=1S/C23H24O5S/c1-3-4-13-28-23(24)21-18(16-29(25)19-8-6-5-7-9-19)10-11-20(22(21)26-2)17-12-14-27-15-17/h5-12,14-15H,3-4,13,16H2,1-2H3. The first-order valence-corrected chi connectivity index (χ1v) is 10.8. The smallest absolute Gasteiger partial charge is 0.342 e. The fourth-order valence-corrected chi connectivity index (χ4v) is 4.15. The van der Waals surface area contributed by atoms with Gasteiger partial charge in [-0.2, -0.15) is 0 Å². The van der Waals surface area contributed by atoms with E-state index in [2.05, 4.69) is 0 Å². The van der Waals surface area contributed by atoms with E-state index in [1.54, 1.807) is 18.6 Å². The molecule has 0 bridgehead atoms. The zero-order valence-electron chi connectivity index (χ0n) is 16.6. The summed E-state index contributed by atoms with van der Waals surface area (Å²) in [5.74, 6) is 0.112. The van der Waals surface area contributed by atoms with Gasteiger partial charge in [-0.25, -0.2) is 4.79 Å². The summed E-state index contributed by atoms with van der Waals surface area (Å²) < 4.78 is 29.1. The van der Waals surface area contributed by atoms with E-state index < -0.39 is 17.1 Å². The van der Waals surface area contributed by atoms with Gasteiger partial charge in [-0.1, -0.05) is 43.7 Å². The van der Waals surface area contributed by atoms with Gasteiger partial charge in [0.05, 0.1) is 26.2 Å². The van der Waals surface area contributed by atoms with Crippen LogP contribution in [0.1, 0.15) is 35.7 Å². The number of unbranched alkanes of at least 4 members (excludes halogenated alkanes) is 1. The number of methoxy groups -OCH3 is 1. The largest absolute Gasteiger partial charge is 0.611 e. The molecule has 1 heterocycles. The molecule has 0 aliphatic heterocycles. The van der Waals surface area contributed by atoms with Gasteiger partial charge in [-0.05, 0) is 35.8 Å². The average Bonchev–Trinajstić information content (AvgIpc) is 3.28. The maximum absolute atomic E-state index is 12.9. The third kappa shape index (κ3) is 5.02. The Kier molecular flexibility index (Phi) is 7.38. The van der Waals surface area contributed by atoms with E-state index in [1.165, 1.54) is 7.11 Å². The summed E-state index contributed by atoms with van der Waals surface area (Å²) in [4.78, 5) is 13.6. The number of hydrogen-bond donors (Lipinski definition) is 0. The minimum atomic E-state index is -1.30. The van der Waals surface area contributed by atoms with Gasteiger partial charge in [0.2, 0.25) is 0 Å². The molecular weight excluding hydrogens is 388 g/mol. The van der Waals surface area contributed by atoms with Crippen molar-refractivity contribution in [3.05, 3.63) is 72.2 Å². The van der Waals surface area contributed by atoms with Crippen LogP contribution in [0.3, 0.4) is 0 Å². The van der Waals surface area contributed by atoms with Crippen molar-refractivity contribution in [3.8, 4) is 16.9 Å². The van der Waals surface area contributed by atoms with Crippen molar-refractivity contribution in [2.45, 2.75) is 30.4 Å². The molecule has 3 aromatic rings. The molecule has 6 heteroatoms. The highest BCUT2D eigenvalue weighted by atomic mass is 32.2.